The molecule has 1 aliphatic rings. The minimum Gasteiger partial charge on any atom is -0.454 e. The third kappa shape index (κ3) is 4.23. The van der Waals surface area contributed by atoms with E-state index in [-0.39, 0.29) is 12.5 Å². The van der Waals surface area contributed by atoms with Gasteiger partial charge in [-0.2, -0.15) is 5.10 Å². The molecule has 0 atom stereocenters. The first-order valence-electron chi connectivity index (χ1n) is 7.49. The van der Waals surface area contributed by atoms with Gasteiger partial charge in [-0.05, 0) is 29.8 Å². The Balaban J connectivity index is 1.53. The second kappa shape index (κ2) is 7.78. The van der Waals surface area contributed by atoms with E-state index in [1.165, 1.54) is 12.3 Å². The van der Waals surface area contributed by atoms with Crippen molar-refractivity contribution in [2.75, 3.05) is 12.2 Å². The second-order valence-corrected chi connectivity index (χ2v) is 5.02. The van der Waals surface area contributed by atoms with E-state index in [2.05, 4.69) is 10.5 Å². The van der Waals surface area contributed by atoms with Crippen molar-refractivity contribution < 1.29 is 14.4 Å². The van der Waals surface area contributed by atoms with E-state index in [1.54, 1.807) is 30.4 Å². The Morgan fingerprint density at radius 1 is 1.08 bits per heavy atom. The Morgan fingerprint density at radius 3 is 2.80 bits per heavy atom. The zero-order chi connectivity index (χ0) is 17.5. The third-order valence-electron chi connectivity index (χ3n) is 3.35. The number of anilines is 1. The minimum absolute atomic E-state index is 0.0219. The molecule has 0 fully saturated rings. The highest BCUT2D eigenvalue weighted by Gasteiger charge is 2.12. The molecule has 0 aromatic heterocycles. The lowest BCUT2D eigenvalue weighted by Gasteiger charge is -1.99. The van der Waals surface area contributed by atoms with Crippen LogP contribution in [0, 0.1) is 10.1 Å². The molecule has 1 heterocycles. The molecule has 0 saturated heterocycles. The molecule has 0 unspecified atom stereocenters. The molecular weight excluding hydrogens is 322 g/mol. The van der Waals surface area contributed by atoms with Crippen molar-refractivity contribution in [3.05, 3.63) is 76.4 Å². The molecule has 0 amide bonds. The van der Waals surface area contributed by atoms with Crippen molar-refractivity contribution in [3.63, 3.8) is 0 Å². The van der Waals surface area contributed by atoms with E-state index in [1.807, 2.05) is 30.4 Å². The molecule has 0 spiro atoms. The molecular formula is C18H15N3O4. The smallest absolute Gasteiger partial charge is 0.294 e. The number of nitrogens with one attached hydrogen (secondary N) is 1. The first kappa shape index (κ1) is 16.3. The summed E-state index contributed by atoms with van der Waals surface area (Å²) in [5, 5.41) is 14.8. The predicted molar refractivity (Wildman–Crippen MR) is 96.0 cm³/mol. The number of nitro benzene ring substituents is 1. The van der Waals surface area contributed by atoms with E-state index >= 15 is 0 Å². The minimum atomic E-state index is -0.457. The van der Waals surface area contributed by atoms with Gasteiger partial charge in [0.15, 0.2) is 11.5 Å². The molecule has 3 rings (SSSR count). The fourth-order valence-corrected chi connectivity index (χ4v) is 2.17. The first-order chi connectivity index (χ1) is 12.2. The van der Waals surface area contributed by atoms with Crippen LogP contribution >= 0.6 is 0 Å². The van der Waals surface area contributed by atoms with Crippen LogP contribution in [0.4, 0.5) is 11.4 Å². The summed E-state index contributed by atoms with van der Waals surface area (Å²) in [5.74, 6) is 1.49. The molecule has 126 valence electrons. The maximum atomic E-state index is 10.9. The molecule has 1 N–H and O–H groups in total. The number of benzene rings is 2. The number of para-hydroxylation sites is 2. The summed E-state index contributed by atoms with van der Waals surface area (Å²) < 4.78 is 10.6. The van der Waals surface area contributed by atoms with Gasteiger partial charge in [0, 0.05) is 12.3 Å². The van der Waals surface area contributed by atoms with Gasteiger partial charge in [-0.25, -0.2) is 0 Å². The topological polar surface area (TPSA) is 86.0 Å². The van der Waals surface area contributed by atoms with E-state index in [0.29, 0.717) is 5.69 Å². The van der Waals surface area contributed by atoms with Gasteiger partial charge in [0.1, 0.15) is 5.69 Å². The SMILES string of the molecule is O=[N+]([O-])c1ccccc1N/N=C/C=C/C=C/c1ccc2c(c1)OCO2. The van der Waals surface area contributed by atoms with Crippen molar-refractivity contribution in [1.29, 1.82) is 0 Å². The third-order valence-corrected chi connectivity index (χ3v) is 3.35. The van der Waals surface area contributed by atoms with Crippen LogP contribution in [0.5, 0.6) is 11.5 Å². The van der Waals surface area contributed by atoms with Gasteiger partial charge in [0.2, 0.25) is 6.79 Å². The number of hydrazone groups is 1. The summed E-state index contributed by atoms with van der Waals surface area (Å²) in [7, 11) is 0. The normalized spacial score (nSPS) is 13.1. The number of hydrogen-bond acceptors (Lipinski definition) is 6. The van der Waals surface area contributed by atoms with E-state index < -0.39 is 4.92 Å². The fraction of sp³-hybridized carbons (Fsp3) is 0.0556. The summed E-state index contributed by atoms with van der Waals surface area (Å²) >= 11 is 0. The van der Waals surface area contributed by atoms with Crippen LogP contribution in [0.2, 0.25) is 0 Å². The number of nitro groups is 1. The van der Waals surface area contributed by atoms with Crippen LogP contribution in [0.1, 0.15) is 5.56 Å². The van der Waals surface area contributed by atoms with Crippen LogP contribution in [-0.2, 0) is 0 Å². The highest BCUT2D eigenvalue weighted by atomic mass is 16.7. The fourth-order valence-electron chi connectivity index (χ4n) is 2.17. The zero-order valence-corrected chi connectivity index (χ0v) is 13.2. The van der Waals surface area contributed by atoms with Gasteiger partial charge < -0.3 is 9.47 Å². The molecule has 2 aromatic rings. The Morgan fingerprint density at radius 2 is 1.92 bits per heavy atom. The Kier molecular flexibility index (Phi) is 5.06. The van der Waals surface area contributed by atoms with Gasteiger partial charge in [-0.15, -0.1) is 0 Å². The van der Waals surface area contributed by atoms with Crippen molar-refractivity contribution >= 4 is 23.7 Å². The Hall–Kier alpha value is -3.61. The number of nitrogens with zero attached hydrogens (tertiary/aromatic N) is 2. The lowest BCUT2D eigenvalue weighted by Crippen LogP contribution is -1.95. The average Bonchev–Trinajstić information content (AvgIpc) is 3.09. The van der Waals surface area contributed by atoms with Crippen molar-refractivity contribution in [2.24, 2.45) is 5.10 Å². The molecule has 2 aromatic carbocycles. The zero-order valence-electron chi connectivity index (χ0n) is 13.2. The largest absolute Gasteiger partial charge is 0.454 e. The number of ether oxygens (including phenoxy) is 2. The lowest BCUT2D eigenvalue weighted by molar-refractivity contribution is -0.384. The molecule has 1 aliphatic heterocycles. The number of allylic oxidation sites excluding steroid dienone is 3. The Labute approximate surface area is 144 Å². The van der Waals surface area contributed by atoms with Crippen molar-refractivity contribution in [2.45, 2.75) is 0 Å². The summed E-state index contributed by atoms with van der Waals surface area (Å²) in [6.45, 7) is 0.255. The maximum absolute atomic E-state index is 10.9. The molecule has 7 heteroatoms. The van der Waals surface area contributed by atoms with Crippen molar-refractivity contribution in [3.8, 4) is 11.5 Å². The molecule has 0 saturated carbocycles. The number of rotatable bonds is 6. The summed E-state index contributed by atoms with van der Waals surface area (Å²) in [6, 6.07) is 12.0. The van der Waals surface area contributed by atoms with Crippen LogP contribution in [0.25, 0.3) is 6.08 Å². The van der Waals surface area contributed by atoms with Gasteiger partial charge >= 0.3 is 0 Å². The van der Waals surface area contributed by atoms with Gasteiger partial charge in [0.25, 0.3) is 5.69 Å². The van der Waals surface area contributed by atoms with Crippen LogP contribution in [0.3, 0.4) is 0 Å². The lowest BCUT2D eigenvalue weighted by atomic mass is 10.2. The van der Waals surface area contributed by atoms with Gasteiger partial charge in [-0.3, -0.25) is 15.5 Å². The standard InChI is InChI=1S/C18H15N3O4/c22-21(23)16-8-4-3-7-15(16)20-19-11-5-1-2-6-14-9-10-17-18(12-14)25-13-24-17/h1-12,20H,13H2/b5-1+,6-2+,19-11+. The quantitative estimate of drug-likeness (QED) is 0.373. The highest BCUT2D eigenvalue weighted by molar-refractivity contribution is 5.74. The van der Waals surface area contributed by atoms with E-state index in [9.17, 15) is 10.1 Å². The molecule has 0 radical (unpaired) electrons. The monoisotopic (exact) mass is 337 g/mol. The van der Waals surface area contributed by atoms with Crippen molar-refractivity contribution in [1.82, 2.24) is 0 Å². The van der Waals surface area contributed by atoms with E-state index in [4.69, 9.17) is 9.47 Å². The highest BCUT2D eigenvalue weighted by Crippen LogP contribution is 2.32. The summed E-state index contributed by atoms with van der Waals surface area (Å²) in [4.78, 5) is 10.4. The van der Waals surface area contributed by atoms with Crippen LogP contribution < -0.4 is 14.9 Å². The average molecular weight is 337 g/mol. The molecule has 7 nitrogen and oxygen atoms in total. The van der Waals surface area contributed by atoms with Gasteiger partial charge in [-0.1, -0.05) is 36.4 Å². The Bertz CT molecular complexity index is 859. The first-order valence-corrected chi connectivity index (χ1v) is 7.49. The second-order valence-electron chi connectivity index (χ2n) is 5.02. The maximum Gasteiger partial charge on any atom is 0.294 e. The van der Waals surface area contributed by atoms with Crippen LogP contribution in [0.15, 0.2) is 65.8 Å². The summed E-state index contributed by atoms with van der Waals surface area (Å²) in [6.07, 6.45) is 8.80. The number of hydrogen-bond donors (Lipinski definition) is 1. The van der Waals surface area contributed by atoms with Crippen LogP contribution in [-0.4, -0.2) is 17.9 Å². The number of fused-ring (bicyclic) bond motifs is 1. The molecule has 0 bridgehead atoms. The molecule has 25 heavy (non-hydrogen) atoms. The summed E-state index contributed by atoms with van der Waals surface area (Å²) in [5.41, 5.74) is 3.96. The van der Waals surface area contributed by atoms with E-state index in [0.717, 1.165) is 17.1 Å². The van der Waals surface area contributed by atoms with Gasteiger partial charge in [0.05, 0.1) is 4.92 Å². The molecule has 0 aliphatic carbocycles. The predicted octanol–water partition coefficient (Wildman–Crippen LogP) is 3.99.